The van der Waals surface area contributed by atoms with E-state index in [1.165, 1.54) is 6.92 Å². The third-order valence-corrected chi connectivity index (χ3v) is 3.38. The molecule has 0 saturated carbocycles. The van der Waals surface area contributed by atoms with Crippen LogP contribution in [0.1, 0.15) is 17.3 Å². The zero-order valence-corrected chi connectivity index (χ0v) is 11.2. The maximum absolute atomic E-state index is 13.2. The first-order valence-corrected chi connectivity index (χ1v) is 7.39. The zero-order valence-electron chi connectivity index (χ0n) is 10.4. The number of amides is 1. The Morgan fingerprint density at radius 1 is 1.37 bits per heavy atom. The van der Waals surface area contributed by atoms with E-state index in [0.717, 1.165) is 18.4 Å². The van der Waals surface area contributed by atoms with E-state index in [1.807, 2.05) is 0 Å². The van der Waals surface area contributed by atoms with Crippen molar-refractivity contribution in [2.24, 2.45) is 0 Å². The largest absolute Gasteiger partial charge is 0.394 e. The molecule has 0 aromatic heterocycles. The van der Waals surface area contributed by atoms with Crippen LogP contribution in [0.2, 0.25) is 0 Å². The quantitative estimate of drug-likeness (QED) is 0.800. The number of nitrogens with one attached hydrogen (secondary N) is 1. The van der Waals surface area contributed by atoms with E-state index in [2.05, 4.69) is 5.32 Å². The third kappa shape index (κ3) is 4.47. The second-order valence-electron chi connectivity index (χ2n) is 4.32. The summed E-state index contributed by atoms with van der Waals surface area (Å²) in [6.07, 6.45) is 1.03. The zero-order chi connectivity index (χ0) is 14.8. The summed E-state index contributed by atoms with van der Waals surface area (Å²) >= 11 is 0. The van der Waals surface area contributed by atoms with Gasteiger partial charge in [0.1, 0.15) is 27.2 Å². The Morgan fingerprint density at radius 2 is 1.84 bits per heavy atom. The van der Waals surface area contributed by atoms with Crippen LogP contribution in [0.5, 0.6) is 0 Å². The van der Waals surface area contributed by atoms with Gasteiger partial charge in [-0.2, -0.15) is 0 Å². The van der Waals surface area contributed by atoms with E-state index >= 15 is 0 Å². The molecule has 0 heterocycles. The summed E-state index contributed by atoms with van der Waals surface area (Å²) in [6, 6.07) is 0.910. The molecule has 1 aromatic carbocycles. The van der Waals surface area contributed by atoms with Gasteiger partial charge in [0.15, 0.2) is 0 Å². The first kappa shape index (κ1) is 15.4. The smallest absolute Gasteiger partial charge is 0.251 e. The number of rotatable bonds is 4. The second-order valence-corrected chi connectivity index (χ2v) is 6.51. The van der Waals surface area contributed by atoms with Gasteiger partial charge >= 0.3 is 0 Å². The predicted molar refractivity (Wildman–Crippen MR) is 67.4 cm³/mol. The monoisotopic (exact) mass is 292 g/mol. The Labute approximate surface area is 109 Å². The van der Waals surface area contributed by atoms with Crippen molar-refractivity contribution in [2.75, 3.05) is 17.7 Å². The Hall–Kier alpha value is -1.70. The van der Waals surface area contributed by atoms with E-state index < -0.39 is 39.1 Å². The highest BCUT2D eigenvalue weighted by Crippen LogP contribution is 2.17. The van der Waals surface area contributed by atoms with Crippen molar-refractivity contribution in [3.05, 3.63) is 29.3 Å². The number of benzene rings is 1. The summed E-state index contributed by atoms with van der Waals surface area (Å²) in [4.78, 5) is 11.7. The maximum Gasteiger partial charge on any atom is 0.251 e. The van der Waals surface area contributed by atoms with Crippen LogP contribution >= 0.6 is 0 Å². The molecule has 0 bridgehead atoms. The normalized spacial score (nSPS) is 13.1. The van der Waals surface area contributed by atoms with Crippen LogP contribution in [0.25, 0.3) is 0 Å². The molecule has 0 aliphatic carbocycles. The highest BCUT2D eigenvalue weighted by Gasteiger charge is 2.17. The summed E-state index contributed by atoms with van der Waals surface area (Å²) < 4.78 is 48.4. The first-order chi connectivity index (χ1) is 8.60. The molecular weight excluding hydrogens is 278 g/mol. The van der Waals surface area contributed by atoms with Crippen molar-refractivity contribution in [3.63, 3.8) is 0 Å². The minimum Gasteiger partial charge on any atom is -0.394 e. The van der Waals surface area contributed by atoms with Crippen molar-refractivity contribution in [1.29, 1.82) is 0 Å². The summed E-state index contributed by atoms with van der Waals surface area (Å²) in [5.74, 6) is -3.12. The first-order valence-electron chi connectivity index (χ1n) is 5.33. The Bertz CT molecular complexity index is 579. The van der Waals surface area contributed by atoms with Crippen molar-refractivity contribution >= 4 is 21.4 Å². The lowest BCUT2D eigenvalue weighted by atomic mass is 10.1. The molecule has 1 amide bonds. The van der Waals surface area contributed by atoms with Crippen LogP contribution < -0.4 is 11.1 Å². The number of nitrogen functional groups attached to an aromatic ring is 1. The van der Waals surface area contributed by atoms with E-state index in [4.69, 9.17) is 5.73 Å². The predicted octanol–water partition coefficient (Wildman–Crippen LogP) is 0.710. The molecule has 0 fully saturated rings. The van der Waals surface area contributed by atoms with Gasteiger partial charge in [0.2, 0.25) is 0 Å². The molecule has 3 N–H and O–H groups in total. The molecular formula is C11H14F2N2O3S. The average molecular weight is 292 g/mol. The highest BCUT2D eigenvalue weighted by atomic mass is 32.2. The minimum atomic E-state index is -3.26. The fourth-order valence-electron chi connectivity index (χ4n) is 1.52. The van der Waals surface area contributed by atoms with Gasteiger partial charge < -0.3 is 11.1 Å². The molecule has 0 spiro atoms. The van der Waals surface area contributed by atoms with Crippen molar-refractivity contribution < 1.29 is 22.0 Å². The minimum absolute atomic E-state index is 0.260. The van der Waals surface area contributed by atoms with Crippen LogP contribution in [0, 0.1) is 11.6 Å². The van der Waals surface area contributed by atoms with Gasteiger partial charge in [0.05, 0.1) is 5.75 Å². The summed E-state index contributed by atoms with van der Waals surface area (Å²) in [5, 5.41) is 2.33. The van der Waals surface area contributed by atoms with Crippen molar-refractivity contribution in [2.45, 2.75) is 13.0 Å². The number of nitrogens with two attached hydrogens (primary N) is 1. The molecule has 5 nitrogen and oxygen atoms in total. The van der Waals surface area contributed by atoms with Crippen LogP contribution in [-0.2, 0) is 9.84 Å². The van der Waals surface area contributed by atoms with Gasteiger partial charge in [-0.25, -0.2) is 17.2 Å². The maximum atomic E-state index is 13.2. The van der Waals surface area contributed by atoms with E-state index in [0.29, 0.717) is 0 Å². The van der Waals surface area contributed by atoms with Gasteiger partial charge in [0, 0.05) is 17.9 Å². The fraction of sp³-hybridized carbons (Fsp3) is 0.364. The van der Waals surface area contributed by atoms with Crippen LogP contribution in [-0.4, -0.2) is 32.4 Å². The van der Waals surface area contributed by atoms with Crippen LogP contribution in [0.3, 0.4) is 0 Å². The van der Waals surface area contributed by atoms with Gasteiger partial charge in [-0.15, -0.1) is 0 Å². The van der Waals surface area contributed by atoms with Crippen LogP contribution in [0.15, 0.2) is 12.1 Å². The molecule has 0 aliphatic heterocycles. The molecule has 1 aromatic rings. The van der Waals surface area contributed by atoms with E-state index in [9.17, 15) is 22.0 Å². The van der Waals surface area contributed by atoms with Crippen molar-refractivity contribution in [3.8, 4) is 0 Å². The van der Waals surface area contributed by atoms with Gasteiger partial charge in [-0.1, -0.05) is 0 Å². The molecule has 1 atom stereocenters. The number of hydrogen-bond donors (Lipinski definition) is 2. The van der Waals surface area contributed by atoms with E-state index in [1.54, 1.807) is 0 Å². The summed E-state index contributed by atoms with van der Waals surface area (Å²) in [5.41, 5.74) is 4.15. The Balaban J connectivity index is 2.85. The van der Waals surface area contributed by atoms with Gasteiger partial charge in [-0.3, -0.25) is 4.79 Å². The summed E-state index contributed by atoms with van der Waals surface area (Å²) in [7, 11) is -3.26. The molecule has 0 saturated heterocycles. The molecule has 1 rings (SSSR count). The Morgan fingerprint density at radius 3 is 2.26 bits per heavy atom. The fourth-order valence-corrected chi connectivity index (χ4v) is 2.51. The summed E-state index contributed by atoms with van der Waals surface area (Å²) in [6.45, 7) is 1.48. The molecule has 1 unspecified atom stereocenters. The number of anilines is 1. The van der Waals surface area contributed by atoms with Crippen LogP contribution in [0.4, 0.5) is 14.5 Å². The Kier molecular flexibility index (Phi) is 4.46. The highest BCUT2D eigenvalue weighted by molar-refractivity contribution is 7.90. The molecule has 0 radical (unpaired) electrons. The van der Waals surface area contributed by atoms with E-state index in [-0.39, 0.29) is 11.3 Å². The molecule has 0 aliphatic rings. The number of hydrogen-bond acceptors (Lipinski definition) is 4. The van der Waals surface area contributed by atoms with Crippen molar-refractivity contribution in [1.82, 2.24) is 5.32 Å². The van der Waals surface area contributed by atoms with Gasteiger partial charge in [0.25, 0.3) is 5.91 Å². The lowest BCUT2D eigenvalue weighted by molar-refractivity contribution is 0.0942. The van der Waals surface area contributed by atoms with Gasteiger partial charge in [-0.05, 0) is 19.1 Å². The molecule has 19 heavy (non-hydrogen) atoms. The SMILES string of the molecule is CC(CS(C)(=O)=O)NC(=O)c1cc(F)c(N)c(F)c1. The average Bonchev–Trinajstić information content (AvgIpc) is 2.22. The number of carbonyl (C=O) groups excluding carboxylic acids is 1. The number of sulfone groups is 1. The molecule has 8 heteroatoms. The standard InChI is InChI=1S/C11H14F2N2O3S/c1-6(5-19(2,17)18)15-11(16)7-3-8(12)10(14)9(13)4-7/h3-4,6H,5,14H2,1-2H3,(H,15,16). The topological polar surface area (TPSA) is 89.3 Å². The second kappa shape index (κ2) is 5.52. The molecule has 106 valence electrons. The number of carbonyl (C=O) groups is 1. The lowest BCUT2D eigenvalue weighted by Crippen LogP contribution is -2.37. The third-order valence-electron chi connectivity index (χ3n) is 2.27. The lowest BCUT2D eigenvalue weighted by Gasteiger charge is -2.13. The number of halogens is 2.